The molecule has 0 spiro atoms. The Hall–Kier alpha value is -1.94. The van der Waals surface area contributed by atoms with E-state index >= 15 is 0 Å². The zero-order valence-corrected chi connectivity index (χ0v) is 9.73. The van der Waals surface area contributed by atoms with Crippen LogP contribution < -0.4 is 4.74 Å². The molecule has 94 valence electrons. The number of para-hydroxylation sites is 1. The zero-order valence-electron chi connectivity index (χ0n) is 9.73. The Labute approximate surface area is 103 Å². The minimum atomic E-state index is -1.27. The number of aliphatic hydroxyl groups excluding tert-OH is 1. The molecule has 0 aliphatic rings. The van der Waals surface area contributed by atoms with E-state index < -0.39 is 17.7 Å². The lowest BCUT2D eigenvalue weighted by molar-refractivity contribution is 0.209. The Morgan fingerprint density at radius 2 is 1.78 bits per heavy atom. The van der Waals surface area contributed by atoms with Crippen molar-refractivity contribution >= 4 is 0 Å². The molecule has 0 radical (unpaired) electrons. The molecule has 2 aromatic carbocycles. The normalized spacial score (nSPS) is 12.2. The predicted molar refractivity (Wildman–Crippen MR) is 63.4 cm³/mol. The highest BCUT2D eigenvalue weighted by Crippen LogP contribution is 2.31. The van der Waals surface area contributed by atoms with Gasteiger partial charge in [-0.2, -0.15) is 0 Å². The molecule has 4 heteroatoms. The summed E-state index contributed by atoms with van der Waals surface area (Å²) in [6.07, 6.45) is -1.27. The average Bonchev–Trinajstić information content (AvgIpc) is 2.40. The average molecular weight is 250 g/mol. The maximum absolute atomic E-state index is 13.6. The van der Waals surface area contributed by atoms with E-state index in [1.807, 2.05) is 0 Å². The van der Waals surface area contributed by atoms with Gasteiger partial charge in [0.15, 0.2) is 0 Å². The van der Waals surface area contributed by atoms with Crippen LogP contribution in [0.4, 0.5) is 8.78 Å². The first-order valence-electron chi connectivity index (χ1n) is 5.39. The van der Waals surface area contributed by atoms with Crippen molar-refractivity contribution in [3.8, 4) is 5.75 Å². The fraction of sp³-hybridized carbons (Fsp3) is 0.143. The summed E-state index contributed by atoms with van der Waals surface area (Å²) in [5.41, 5.74) is 0.281. The smallest absolute Gasteiger partial charge is 0.129 e. The highest BCUT2D eigenvalue weighted by Gasteiger charge is 2.19. The standard InChI is InChI=1S/C14H12F2O2/c1-18-13-5-3-2-4-10(13)14(17)11-8-9(15)6-7-12(11)16/h2-8,14,17H,1H3. The van der Waals surface area contributed by atoms with Crippen LogP contribution in [0.1, 0.15) is 17.2 Å². The van der Waals surface area contributed by atoms with E-state index in [0.29, 0.717) is 11.3 Å². The predicted octanol–water partition coefficient (Wildman–Crippen LogP) is 3.06. The fourth-order valence-electron chi connectivity index (χ4n) is 1.78. The van der Waals surface area contributed by atoms with Crippen LogP contribution >= 0.6 is 0 Å². The molecule has 0 amide bonds. The van der Waals surface area contributed by atoms with E-state index in [2.05, 4.69) is 0 Å². The summed E-state index contributed by atoms with van der Waals surface area (Å²) < 4.78 is 31.8. The first kappa shape index (κ1) is 12.5. The lowest BCUT2D eigenvalue weighted by Crippen LogP contribution is -2.05. The SMILES string of the molecule is COc1ccccc1C(O)c1cc(F)ccc1F. The van der Waals surface area contributed by atoms with Gasteiger partial charge in [-0.25, -0.2) is 8.78 Å². The molecule has 1 unspecified atom stereocenters. The summed E-state index contributed by atoms with van der Waals surface area (Å²) in [7, 11) is 1.45. The van der Waals surface area contributed by atoms with Crippen molar-refractivity contribution in [2.75, 3.05) is 7.11 Å². The van der Waals surface area contributed by atoms with Gasteiger partial charge in [0.25, 0.3) is 0 Å². The van der Waals surface area contributed by atoms with Gasteiger partial charge in [0.1, 0.15) is 23.5 Å². The molecule has 1 N–H and O–H groups in total. The summed E-state index contributed by atoms with van der Waals surface area (Å²) in [6, 6.07) is 9.66. The number of methoxy groups -OCH3 is 1. The van der Waals surface area contributed by atoms with E-state index in [4.69, 9.17) is 4.74 Å². The number of ether oxygens (including phenoxy) is 1. The number of halogens is 2. The monoisotopic (exact) mass is 250 g/mol. The van der Waals surface area contributed by atoms with Gasteiger partial charge in [-0.3, -0.25) is 0 Å². The van der Waals surface area contributed by atoms with Crippen LogP contribution in [0, 0.1) is 11.6 Å². The first-order chi connectivity index (χ1) is 8.63. The molecule has 0 aromatic heterocycles. The topological polar surface area (TPSA) is 29.5 Å². The van der Waals surface area contributed by atoms with Crippen LogP contribution in [0.25, 0.3) is 0 Å². The van der Waals surface area contributed by atoms with Crippen LogP contribution in [-0.4, -0.2) is 12.2 Å². The molecule has 0 saturated heterocycles. The lowest BCUT2D eigenvalue weighted by Gasteiger charge is -2.15. The number of hydrogen-bond acceptors (Lipinski definition) is 2. The second-order valence-corrected chi connectivity index (χ2v) is 3.81. The summed E-state index contributed by atoms with van der Waals surface area (Å²) >= 11 is 0. The summed E-state index contributed by atoms with van der Waals surface area (Å²) in [5, 5.41) is 10.1. The van der Waals surface area contributed by atoms with E-state index in [0.717, 1.165) is 18.2 Å². The van der Waals surface area contributed by atoms with E-state index in [1.165, 1.54) is 7.11 Å². The van der Waals surface area contributed by atoms with Crippen molar-refractivity contribution in [2.24, 2.45) is 0 Å². The molecular weight excluding hydrogens is 238 g/mol. The van der Waals surface area contributed by atoms with Crippen molar-refractivity contribution in [1.82, 2.24) is 0 Å². The van der Waals surface area contributed by atoms with Gasteiger partial charge < -0.3 is 9.84 Å². The van der Waals surface area contributed by atoms with Gasteiger partial charge >= 0.3 is 0 Å². The van der Waals surface area contributed by atoms with Crippen LogP contribution in [0.5, 0.6) is 5.75 Å². The Balaban J connectivity index is 2.47. The van der Waals surface area contributed by atoms with Crippen molar-refractivity contribution in [3.05, 3.63) is 65.2 Å². The van der Waals surface area contributed by atoms with Crippen molar-refractivity contribution in [2.45, 2.75) is 6.10 Å². The molecular formula is C14H12F2O2. The van der Waals surface area contributed by atoms with Gasteiger partial charge in [0.2, 0.25) is 0 Å². The van der Waals surface area contributed by atoms with Crippen LogP contribution in [0.15, 0.2) is 42.5 Å². The Bertz CT molecular complexity index is 555. The Morgan fingerprint density at radius 3 is 2.50 bits per heavy atom. The van der Waals surface area contributed by atoms with Crippen molar-refractivity contribution in [3.63, 3.8) is 0 Å². The molecule has 2 nitrogen and oxygen atoms in total. The lowest BCUT2D eigenvalue weighted by atomic mass is 10.00. The number of rotatable bonds is 3. The molecule has 0 fully saturated rings. The second kappa shape index (κ2) is 5.14. The zero-order chi connectivity index (χ0) is 13.1. The van der Waals surface area contributed by atoms with Gasteiger partial charge in [0.05, 0.1) is 7.11 Å². The third-order valence-electron chi connectivity index (χ3n) is 2.69. The number of benzene rings is 2. The van der Waals surface area contributed by atoms with Crippen LogP contribution in [-0.2, 0) is 0 Å². The maximum atomic E-state index is 13.6. The minimum Gasteiger partial charge on any atom is -0.496 e. The van der Waals surface area contributed by atoms with Crippen LogP contribution in [0.2, 0.25) is 0 Å². The van der Waals surface area contributed by atoms with E-state index in [9.17, 15) is 13.9 Å². The van der Waals surface area contributed by atoms with E-state index in [1.54, 1.807) is 24.3 Å². The van der Waals surface area contributed by atoms with Crippen molar-refractivity contribution < 1.29 is 18.6 Å². The molecule has 0 bridgehead atoms. The molecule has 0 heterocycles. The second-order valence-electron chi connectivity index (χ2n) is 3.81. The Morgan fingerprint density at radius 1 is 1.06 bits per heavy atom. The number of aliphatic hydroxyl groups is 1. The first-order valence-corrected chi connectivity index (χ1v) is 5.39. The van der Waals surface area contributed by atoms with Crippen LogP contribution in [0.3, 0.4) is 0 Å². The molecule has 2 rings (SSSR count). The third kappa shape index (κ3) is 2.33. The maximum Gasteiger partial charge on any atom is 0.129 e. The van der Waals surface area contributed by atoms with Gasteiger partial charge in [-0.05, 0) is 24.3 Å². The molecule has 0 aliphatic carbocycles. The van der Waals surface area contributed by atoms with Crippen molar-refractivity contribution in [1.29, 1.82) is 0 Å². The summed E-state index contributed by atoms with van der Waals surface area (Å²) in [5.74, 6) is -0.830. The number of hydrogen-bond donors (Lipinski definition) is 1. The molecule has 0 saturated carbocycles. The van der Waals surface area contributed by atoms with Gasteiger partial charge in [-0.15, -0.1) is 0 Å². The third-order valence-corrected chi connectivity index (χ3v) is 2.69. The molecule has 2 aromatic rings. The summed E-state index contributed by atoms with van der Waals surface area (Å²) in [4.78, 5) is 0. The molecule has 0 aliphatic heterocycles. The largest absolute Gasteiger partial charge is 0.496 e. The fourth-order valence-corrected chi connectivity index (χ4v) is 1.78. The van der Waals surface area contributed by atoms with Gasteiger partial charge in [-0.1, -0.05) is 18.2 Å². The Kier molecular flexibility index (Phi) is 3.58. The molecule has 18 heavy (non-hydrogen) atoms. The van der Waals surface area contributed by atoms with E-state index in [-0.39, 0.29) is 5.56 Å². The quantitative estimate of drug-likeness (QED) is 0.907. The minimum absolute atomic E-state index is 0.112. The highest BCUT2D eigenvalue weighted by atomic mass is 19.1. The van der Waals surface area contributed by atoms with Gasteiger partial charge in [0, 0.05) is 11.1 Å². The highest BCUT2D eigenvalue weighted by molar-refractivity contribution is 5.40. The summed E-state index contributed by atoms with van der Waals surface area (Å²) in [6.45, 7) is 0. The molecule has 1 atom stereocenters.